The minimum Gasteiger partial charge on any atom is -0.493 e. The van der Waals surface area contributed by atoms with Crippen LogP contribution in [0.5, 0.6) is 11.5 Å². The quantitative estimate of drug-likeness (QED) is 0.420. The summed E-state index contributed by atoms with van der Waals surface area (Å²) in [6.07, 6.45) is 0. The van der Waals surface area contributed by atoms with Gasteiger partial charge in [-0.15, -0.1) is 0 Å². The maximum Gasteiger partial charge on any atom is 0.344 e. The van der Waals surface area contributed by atoms with Gasteiger partial charge in [0.2, 0.25) is 0 Å². The van der Waals surface area contributed by atoms with Crippen LogP contribution >= 0.6 is 0 Å². The molecule has 0 N–H and O–H groups in total. The third kappa shape index (κ3) is 4.50. The van der Waals surface area contributed by atoms with Gasteiger partial charge in [-0.2, -0.15) is 8.78 Å². The van der Waals surface area contributed by atoms with Gasteiger partial charge < -0.3 is 14.2 Å². The molecule has 29 heavy (non-hydrogen) atoms. The highest BCUT2D eigenvalue weighted by Crippen LogP contribution is 2.28. The van der Waals surface area contributed by atoms with E-state index in [1.165, 1.54) is 38.3 Å². The largest absolute Gasteiger partial charge is 0.493 e. The van der Waals surface area contributed by atoms with Crippen LogP contribution in [-0.4, -0.2) is 35.0 Å². The van der Waals surface area contributed by atoms with Gasteiger partial charge in [-0.3, -0.25) is 9.36 Å². The number of esters is 1. The van der Waals surface area contributed by atoms with Crippen LogP contribution in [0.2, 0.25) is 0 Å². The number of methoxy groups -OCH3 is 1. The van der Waals surface area contributed by atoms with Crippen molar-refractivity contribution < 1.29 is 32.6 Å². The van der Waals surface area contributed by atoms with Crippen molar-refractivity contribution in [1.29, 1.82) is 0 Å². The predicted octanol–water partition coefficient (Wildman–Crippen LogP) is 3.76. The van der Waals surface area contributed by atoms with Gasteiger partial charge in [-0.1, -0.05) is 12.1 Å². The van der Waals surface area contributed by atoms with Gasteiger partial charge in [-0.05, 0) is 37.3 Å². The molecule has 0 fully saturated rings. The lowest BCUT2D eigenvalue weighted by Crippen LogP contribution is -2.17. The minimum atomic E-state index is -2.82. The van der Waals surface area contributed by atoms with Crippen LogP contribution in [0.4, 0.5) is 8.78 Å². The number of imidazole rings is 1. The van der Waals surface area contributed by atoms with Gasteiger partial charge in [-0.25, -0.2) is 9.78 Å². The first-order chi connectivity index (χ1) is 13.9. The number of aromatic nitrogens is 2. The van der Waals surface area contributed by atoms with E-state index in [0.717, 1.165) is 0 Å². The van der Waals surface area contributed by atoms with Crippen LogP contribution in [0.25, 0.3) is 11.0 Å². The van der Waals surface area contributed by atoms with Crippen molar-refractivity contribution in [1.82, 2.24) is 9.55 Å². The molecule has 0 unspecified atom stereocenters. The fourth-order valence-electron chi connectivity index (χ4n) is 2.74. The molecule has 3 aromatic rings. The molecule has 0 saturated heterocycles. The summed E-state index contributed by atoms with van der Waals surface area (Å²) in [6.45, 7) is -2.30. The van der Waals surface area contributed by atoms with Crippen molar-refractivity contribution >= 4 is 22.8 Å². The van der Waals surface area contributed by atoms with Crippen molar-refractivity contribution in [3.63, 3.8) is 0 Å². The molecule has 1 aromatic heterocycles. The molecule has 0 aliphatic rings. The number of rotatable bonds is 8. The minimum absolute atomic E-state index is 0.0714. The maximum absolute atomic E-state index is 13.4. The number of carbonyl (C=O) groups excluding carboxylic acids is 2. The van der Waals surface area contributed by atoms with Gasteiger partial charge in [0.05, 0.1) is 18.1 Å². The summed E-state index contributed by atoms with van der Waals surface area (Å²) in [6, 6.07) is 10.9. The van der Waals surface area contributed by atoms with Crippen molar-refractivity contribution in [2.75, 3.05) is 13.7 Å². The maximum atomic E-state index is 13.4. The molecule has 0 saturated carbocycles. The summed E-state index contributed by atoms with van der Waals surface area (Å²) in [4.78, 5) is 27.5. The molecule has 0 spiro atoms. The molecule has 0 radical (unpaired) electrons. The molecule has 0 atom stereocenters. The SMILES string of the molecule is COc1cc(C(C)=O)ccc1OCC(=O)OCc1nc2ccccc2n1C(F)F. The van der Waals surface area contributed by atoms with E-state index in [1.54, 1.807) is 18.2 Å². The Labute approximate surface area is 164 Å². The van der Waals surface area contributed by atoms with Gasteiger partial charge in [0.15, 0.2) is 29.7 Å². The smallest absolute Gasteiger partial charge is 0.344 e. The highest BCUT2D eigenvalue weighted by atomic mass is 19.3. The van der Waals surface area contributed by atoms with E-state index in [1.807, 2.05) is 0 Å². The molecule has 0 bridgehead atoms. The Morgan fingerprint density at radius 2 is 1.90 bits per heavy atom. The van der Waals surface area contributed by atoms with Crippen molar-refractivity contribution in [3.05, 3.63) is 53.9 Å². The van der Waals surface area contributed by atoms with E-state index >= 15 is 0 Å². The van der Waals surface area contributed by atoms with Gasteiger partial charge in [0, 0.05) is 5.56 Å². The summed E-state index contributed by atoms with van der Waals surface area (Å²) in [7, 11) is 1.40. The zero-order valence-corrected chi connectivity index (χ0v) is 15.7. The molecule has 9 heteroatoms. The standard InChI is InChI=1S/C20H18F2N2O5/c1-12(25)13-7-8-16(17(9-13)27-2)28-11-19(26)29-10-18-23-14-5-3-4-6-15(14)24(18)20(21)22/h3-9,20H,10-11H2,1-2H3. The first-order valence-electron chi connectivity index (χ1n) is 8.62. The van der Waals surface area contributed by atoms with Crippen molar-refractivity contribution in [3.8, 4) is 11.5 Å². The Bertz CT molecular complexity index is 1050. The number of ether oxygens (including phenoxy) is 3. The van der Waals surface area contributed by atoms with Crippen LogP contribution in [-0.2, 0) is 16.1 Å². The van der Waals surface area contributed by atoms with Crippen molar-refractivity contribution in [2.45, 2.75) is 20.1 Å². The summed E-state index contributed by atoms with van der Waals surface area (Å²) < 4.78 is 43.0. The number of carbonyl (C=O) groups is 2. The second-order valence-electron chi connectivity index (χ2n) is 6.04. The van der Waals surface area contributed by atoms with E-state index in [4.69, 9.17) is 14.2 Å². The van der Waals surface area contributed by atoms with Crippen LogP contribution < -0.4 is 9.47 Å². The Kier molecular flexibility index (Phi) is 6.06. The highest BCUT2D eigenvalue weighted by Gasteiger charge is 2.19. The fourth-order valence-corrected chi connectivity index (χ4v) is 2.74. The lowest BCUT2D eigenvalue weighted by molar-refractivity contribution is -0.147. The van der Waals surface area contributed by atoms with E-state index in [-0.39, 0.29) is 28.6 Å². The summed E-state index contributed by atoms with van der Waals surface area (Å²) >= 11 is 0. The van der Waals surface area contributed by atoms with Gasteiger partial charge in [0.1, 0.15) is 6.61 Å². The van der Waals surface area contributed by atoms with Gasteiger partial charge >= 0.3 is 12.5 Å². The fraction of sp³-hybridized carbons (Fsp3) is 0.250. The van der Waals surface area contributed by atoms with E-state index in [0.29, 0.717) is 15.6 Å². The van der Waals surface area contributed by atoms with Crippen molar-refractivity contribution in [2.24, 2.45) is 0 Å². The Morgan fingerprint density at radius 1 is 1.14 bits per heavy atom. The Hall–Kier alpha value is -3.49. The average molecular weight is 404 g/mol. The zero-order valence-electron chi connectivity index (χ0n) is 15.7. The lowest BCUT2D eigenvalue weighted by atomic mass is 10.1. The number of ketones is 1. The normalized spacial score (nSPS) is 10.9. The molecule has 3 rings (SSSR count). The number of alkyl halides is 2. The van der Waals surface area contributed by atoms with E-state index < -0.39 is 25.7 Å². The number of halogens is 2. The monoisotopic (exact) mass is 404 g/mol. The molecule has 152 valence electrons. The first kappa shape index (κ1) is 20.2. The predicted molar refractivity (Wildman–Crippen MR) is 99.3 cm³/mol. The average Bonchev–Trinajstić information content (AvgIpc) is 3.09. The third-order valence-corrected chi connectivity index (χ3v) is 4.14. The third-order valence-electron chi connectivity index (χ3n) is 4.14. The molecule has 2 aromatic carbocycles. The van der Waals surface area contributed by atoms with Crippen LogP contribution in [0, 0.1) is 0 Å². The Balaban J connectivity index is 1.65. The number of para-hydroxylation sites is 2. The van der Waals surface area contributed by atoms with Crippen LogP contribution in [0.15, 0.2) is 42.5 Å². The number of nitrogens with zero attached hydrogens (tertiary/aromatic N) is 2. The highest BCUT2D eigenvalue weighted by molar-refractivity contribution is 5.94. The number of fused-ring (bicyclic) bond motifs is 1. The number of Topliss-reactive ketones (excluding diaryl/α,β-unsaturated/α-hetero) is 1. The molecule has 0 amide bonds. The second kappa shape index (κ2) is 8.68. The van der Waals surface area contributed by atoms with Gasteiger partial charge in [0.25, 0.3) is 0 Å². The summed E-state index contributed by atoms with van der Waals surface area (Å²) in [5.41, 5.74) is 1.06. The number of hydrogen-bond donors (Lipinski definition) is 0. The Morgan fingerprint density at radius 3 is 2.59 bits per heavy atom. The zero-order chi connectivity index (χ0) is 21.0. The summed E-state index contributed by atoms with van der Waals surface area (Å²) in [5, 5.41) is 0. The topological polar surface area (TPSA) is 79.7 Å². The molecular weight excluding hydrogens is 386 g/mol. The van der Waals surface area contributed by atoms with Crippen LogP contribution in [0.1, 0.15) is 29.7 Å². The molecule has 0 aliphatic heterocycles. The first-order valence-corrected chi connectivity index (χ1v) is 8.62. The number of benzene rings is 2. The van der Waals surface area contributed by atoms with E-state index in [2.05, 4.69) is 4.98 Å². The molecule has 1 heterocycles. The molecule has 0 aliphatic carbocycles. The molecular formula is C20H18F2N2O5. The van der Waals surface area contributed by atoms with E-state index in [9.17, 15) is 18.4 Å². The number of hydrogen-bond acceptors (Lipinski definition) is 6. The second-order valence-corrected chi connectivity index (χ2v) is 6.04. The molecule has 7 nitrogen and oxygen atoms in total. The van der Waals surface area contributed by atoms with Crippen LogP contribution in [0.3, 0.4) is 0 Å². The summed E-state index contributed by atoms with van der Waals surface area (Å²) in [5.74, 6) is -0.455. The lowest BCUT2D eigenvalue weighted by Gasteiger charge is -2.12.